The van der Waals surface area contributed by atoms with Crippen molar-refractivity contribution in [1.82, 2.24) is 47.9 Å². The van der Waals surface area contributed by atoms with Crippen LogP contribution < -0.4 is 70.8 Å². The molecule has 0 aliphatic rings. The lowest BCUT2D eigenvalue weighted by Gasteiger charge is -2.28. The summed E-state index contributed by atoms with van der Waals surface area (Å²) in [7, 11) is 0. The molecule has 0 saturated carbocycles. The molecule has 0 radical (unpaired) electrons. The van der Waals surface area contributed by atoms with Crippen LogP contribution in [0.1, 0.15) is 86.5 Å². The Morgan fingerprint density at radius 2 is 0.987 bits per heavy atom. The molecule has 10 amide bonds. The van der Waals surface area contributed by atoms with E-state index in [0.717, 1.165) is 13.8 Å². The zero-order valence-corrected chi connectivity index (χ0v) is 43.7. The molecule has 0 fully saturated rings. The first kappa shape index (κ1) is 68.6. The van der Waals surface area contributed by atoms with Gasteiger partial charge in [-0.2, -0.15) is 12.6 Å². The van der Waals surface area contributed by atoms with Crippen LogP contribution in [0.3, 0.4) is 0 Å². The standard InChI is InChI=1S/C43H74N14O18S/c1-17(2)12-24(52-39(71)26(15-58)54-34(66)21(44)13-28(45)60)37(69)50-22(8-7-11-48-43(46)47)35(67)55-27(16-76)40(72)51-23(9-10-29(61)62)36(68)53-25(14-30(63)64)38(70)57-32(20(6)59)41(73)49-19(5)33(65)56-31(18(3)4)42(74)75/h17-27,31-32,58-59,76H,7-16,44H2,1-6H3,(H2,45,60)(H,49,73)(H,50,69)(H,51,72)(H,52,71)(H,53,68)(H,54,66)(H,55,67)(H,56,65)(H,57,70)(H,61,62)(H,63,64)(H,74,75)(H4,46,47,48)/t19-,20+,21-,22-,23-,24-,25-,26-,27-,31-,32-/m0/s1. The molecule has 0 unspecified atom stereocenters. The van der Waals surface area contributed by atoms with E-state index >= 15 is 0 Å². The quantitative estimate of drug-likeness (QED) is 0.0120. The number of nitrogens with two attached hydrogens (primary N) is 4. The van der Waals surface area contributed by atoms with Gasteiger partial charge in [0.15, 0.2) is 5.96 Å². The largest absolute Gasteiger partial charge is 0.481 e. The molecule has 0 bridgehead atoms. The average Bonchev–Trinajstić information content (AvgIpc) is 3.30. The third-order valence-electron chi connectivity index (χ3n) is 10.6. The van der Waals surface area contributed by atoms with Gasteiger partial charge in [0.05, 0.1) is 31.6 Å². The van der Waals surface area contributed by atoms with Gasteiger partial charge in [-0.1, -0.05) is 27.7 Å². The van der Waals surface area contributed by atoms with Gasteiger partial charge in [-0.25, -0.2) is 4.79 Å². The number of primary amides is 1. The minimum Gasteiger partial charge on any atom is -0.481 e. The van der Waals surface area contributed by atoms with Gasteiger partial charge in [-0.15, -0.1) is 0 Å². The van der Waals surface area contributed by atoms with E-state index in [4.69, 9.17) is 22.9 Å². The predicted molar refractivity (Wildman–Crippen MR) is 268 cm³/mol. The molecule has 0 heterocycles. The smallest absolute Gasteiger partial charge is 0.326 e. The van der Waals surface area contributed by atoms with Crippen LogP contribution in [0, 0.1) is 11.8 Å². The van der Waals surface area contributed by atoms with Crippen molar-refractivity contribution in [1.29, 1.82) is 0 Å². The summed E-state index contributed by atoms with van der Waals surface area (Å²) in [6, 6.07) is -16.5. The maximum atomic E-state index is 13.9. The number of guanidine groups is 1. The molecule has 32 nitrogen and oxygen atoms in total. The number of carboxylic acids is 3. The summed E-state index contributed by atoms with van der Waals surface area (Å²) >= 11 is 4.12. The van der Waals surface area contributed by atoms with Crippen molar-refractivity contribution >= 4 is 95.6 Å². The molecule has 76 heavy (non-hydrogen) atoms. The number of thiol groups is 1. The third-order valence-corrected chi connectivity index (χ3v) is 11.0. The molecule has 0 saturated heterocycles. The Hall–Kier alpha value is -7.39. The van der Waals surface area contributed by atoms with Gasteiger partial charge in [0.25, 0.3) is 0 Å². The summed E-state index contributed by atoms with van der Waals surface area (Å²) < 4.78 is 0. The normalized spacial score (nSPS) is 15.4. The number of aliphatic carboxylic acids is 3. The van der Waals surface area contributed by atoms with Gasteiger partial charge >= 0.3 is 17.9 Å². The minimum absolute atomic E-state index is 0.0221. The number of hydrogen-bond acceptors (Lipinski definition) is 18. The van der Waals surface area contributed by atoms with Crippen LogP contribution in [-0.4, -0.2) is 194 Å². The monoisotopic (exact) mass is 1110 g/mol. The highest BCUT2D eigenvalue weighted by molar-refractivity contribution is 7.80. The summed E-state index contributed by atoms with van der Waals surface area (Å²) in [5.74, 6) is -17.4. The Kier molecular flexibility index (Phi) is 30.9. The molecule has 0 aromatic heterocycles. The molecule has 430 valence electrons. The summed E-state index contributed by atoms with van der Waals surface area (Å²) in [6.45, 7) is 7.53. The van der Waals surface area contributed by atoms with E-state index in [-0.39, 0.29) is 37.7 Å². The average molecular weight is 1110 g/mol. The first-order valence-corrected chi connectivity index (χ1v) is 24.3. The molecular formula is C43H74N14O18S. The van der Waals surface area contributed by atoms with E-state index in [1.54, 1.807) is 13.8 Å². The fourth-order valence-electron chi connectivity index (χ4n) is 6.55. The lowest BCUT2D eigenvalue weighted by atomic mass is 10.0. The van der Waals surface area contributed by atoms with Gasteiger partial charge in [0, 0.05) is 18.7 Å². The molecule has 22 N–H and O–H groups in total. The van der Waals surface area contributed by atoms with Gasteiger partial charge < -0.3 is 96.3 Å². The van der Waals surface area contributed by atoms with Crippen LogP contribution in [0.4, 0.5) is 0 Å². The maximum Gasteiger partial charge on any atom is 0.326 e. The van der Waals surface area contributed by atoms with Crippen molar-refractivity contribution in [2.24, 2.45) is 39.8 Å². The first-order chi connectivity index (χ1) is 35.3. The lowest BCUT2D eigenvalue weighted by Crippen LogP contribution is -2.62. The fourth-order valence-corrected chi connectivity index (χ4v) is 6.81. The van der Waals surface area contributed by atoms with E-state index < -0.39 is 187 Å². The molecule has 0 aliphatic carbocycles. The van der Waals surface area contributed by atoms with E-state index in [1.807, 2.05) is 0 Å². The molecule has 0 spiro atoms. The molecule has 0 rings (SSSR count). The molecule has 11 atom stereocenters. The van der Waals surface area contributed by atoms with Gasteiger partial charge in [-0.3, -0.25) is 62.5 Å². The van der Waals surface area contributed by atoms with Crippen molar-refractivity contribution in [3.63, 3.8) is 0 Å². The number of carbonyl (C=O) groups excluding carboxylic acids is 10. The SMILES string of the molecule is CC(C)C[C@H](NC(=O)[C@H](CO)NC(=O)[C@@H](N)CC(N)=O)C(=O)N[C@@H](CCCN=C(N)N)C(=O)N[C@@H](CS)C(=O)N[C@@H](CCC(=O)O)C(=O)N[C@@H](CC(=O)O)C(=O)N[C@H](C(=O)N[C@@H](C)C(=O)N[C@H](C(=O)O)C(C)C)[C@@H](C)O. The first-order valence-electron chi connectivity index (χ1n) is 23.6. The van der Waals surface area contributed by atoms with Crippen molar-refractivity contribution < 1.29 is 87.9 Å². The van der Waals surface area contributed by atoms with Gasteiger partial charge in [0.1, 0.15) is 54.4 Å². The second-order valence-corrected chi connectivity index (χ2v) is 18.5. The Balaban J connectivity index is 6.61. The van der Waals surface area contributed by atoms with Crippen LogP contribution in [0.2, 0.25) is 0 Å². The number of rotatable bonds is 36. The Morgan fingerprint density at radius 1 is 0.526 bits per heavy atom. The lowest BCUT2D eigenvalue weighted by molar-refractivity contribution is -0.143. The van der Waals surface area contributed by atoms with Crippen LogP contribution in [0.25, 0.3) is 0 Å². The topological polar surface area (TPSA) is 548 Å². The Labute approximate surface area is 441 Å². The number of carbonyl (C=O) groups is 13. The third kappa shape index (κ3) is 26.2. The highest BCUT2D eigenvalue weighted by Crippen LogP contribution is 2.10. The molecule has 0 aliphatic heterocycles. The van der Waals surface area contributed by atoms with Crippen LogP contribution in [0.5, 0.6) is 0 Å². The zero-order valence-electron chi connectivity index (χ0n) is 42.8. The highest BCUT2D eigenvalue weighted by Gasteiger charge is 2.37. The number of hydrogen-bond donors (Lipinski definition) is 19. The maximum absolute atomic E-state index is 13.9. The number of amides is 10. The number of aliphatic hydroxyl groups excluding tert-OH is 2. The molecular weight excluding hydrogens is 1030 g/mol. The summed E-state index contributed by atoms with van der Waals surface area (Å²) in [4.78, 5) is 170. The van der Waals surface area contributed by atoms with Gasteiger partial charge in [0.2, 0.25) is 59.1 Å². The highest BCUT2D eigenvalue weighted by atomic mass is 32.1. The second-order valence-electron chi connectivity index (χ2n) is 18.1. The van der Waals surface area contributed by atoms with E-state index in [0.29, 0.717) is 0 Å². The second kappa shape index (κ2) is 34.2. The molecule has 0 aromatic carbocycles. The number of aliphatic imine (C=N–C) groups is 1. The van der Waals surface area contributed by atoms with Gasteiger partial charge in [-0.05, 0) is 51.4 Å². The van der Waals surface area contributed by atoms with E-state index in [2.05, 4.69) is 65.5 Å². The summed E-state index contributed by atoms with van der Waals surface area (Å²) in [5, 5.41) is 68.9. The zero-order chi connectivity index (χ0) is 58.7. The summed E-state index contributed by atoms with van der Waals surface area (Å²) in [5.41, 5.74) is 21.5. The minimum atomic E-state index is -2.08. The Morgan fingerprint density at radius 3 is 1.45 bits per heavy atom. The Bertz CT molecular complexity index is 2110. The van der Waals surface area contributed by atoms with Crippen molar-refractivity contribution in [3.05, 3.63) is 0 Å². The van der Waals surface area contributed by atoms with Crippen molar-refractivity contribution in [2.45, 2.75) is 153 Å². The molecule has 0 aromatic rings. The number of nitrogens with zero attached hydrogens (tertiary/aromatic N) is 1. The summed E-state index contributed by atoms with van der Waals surface area (Å²) in [6.07, 6.45) is -5.30. The van der Waals surface area contributed by atoms with Crippen LogP contribution in [-0.2, 0) is 62.3 Å². The molecule has 33 heteroatoms. The fraction of sp³-hybridized carbons (Fsp3) is 0.674. The van der Waals surface area contributed by atoms with E-state index in [9.17, 15) is 87.9 Å². The van der Waals surface area contributed by atoms with Crippen LogP contribution in [0.15, 0.2) is 4.99 Å². The van der Waals surface area contributed by atoms with Crippen molar-refractivity contribution in [2.75, 3.05) is 18.9 Å². The van der Waals surface area contributed by atoms with Crippen LogP contribution >= 0.6 is 12.6 Å². The number of nitrogens with one attached hydrogen (secondary N) is 9. The van der Waals surface area contributed by atoms with Crippen molar-refractivity contribution in [3.8, 4) is 0 Å². The van der Waals surface area contributed by atoms with E-state index in [1.165, 1.54) is 13.8 Å². The number of aliphatic hydroxyl groups is 2. The predicted octanol–water partition coefficient (Wildman–Crippen LogP) is -7.95. The number of carboxylic acid groups (broad SMARTS) is 3.